The maximum atomic E-state index is 12.0. The van der Waals surface area contributed by atoms with Crippen molar-refractivity contribution in [3.05, 3.63) is 59.9 Å². The number of halogens is 1. The number of hydrogen-bond acceptors (Lipinski definition) is 10. The van der Waals surface area contributed by atoms with Crippen LogP contribution in [0, 0.1) is 10.8 Å². The minimum Gasteiger partial charge on any atom is -0.565 e. The van der Waals surface area contributed by atoms with Crippen molar-refractivity contribution < 1.29 is 181 Å². The first-order chi connectivity index (χ1) is 21.5. The van der Waals surface area contributed by atoms with Crippen LogP contribution in [0.2, 0.25) is 0 Å². The second kappa shape index (κ2) is 22.1. The van der Waals surface area contributed by atoms with Gasteiger partial charge < -0.3 is 34.0 Å². The molecule has 0 saturated carbocycles. The summed E-state index contributed by atoms with van der Waals surface area (Å²) in [5.74, 6) is -0.748. The quantitative estimate of drug-likeness (QED) is 0.160. The molecular formula is C31H38BrCs2N4O9+. The van der Waals surface area contributed by atoms with Crippen LogP contribution in [0.15, 0.2) is 48.5 Å². The van der Waals surface area contributed by atoms with Gasteiger partial charge in [0.25, 0.3) is 0 Å². The number of hydrogen-bond donors (Lipinski definition) is 2. The van der Waals surface area contributed by atoms with Crippen LogP contribution in [0.25, 0.3) is 21.8 Å². The molecule has 2 N–H and O–H groups in total. The number of para-hydroxylation sites is 2. The topological polar surface area (TPSA) is 178 Å². The van der Waals surface area contributed by atoms with E-state index in [-0.39, 0.29) is 155 Å². The molecule has 0 aliphatic carbocycles. The number of carbonyl (C=O) groups is 3. The molecule has 4 aromatic rings. The Morgan fingerprint density at radius 3 is 1.85 bits per heavy atom. The van der Waals surface area contributed by atoms with Gasteiger partial charge in [-0.1, -0.05) is 66.2 Å². The van der Waals surface area contributed by atoms with Gasteiger partial charge in [-0.15, -0.1) is 0 Å². The number of aromatic amines is 1. The number of carboxylic acid groups (broad SMARTS) is 2. The Balaban J connectivity index is 0.000000356. The molecule has 0 unspecified atom stereocenters. The number of ether oxygens (including phenoxy) is 4. The summed E-state index contributed by atoms with van der Waals surface area (Å²) >= 11 is 3.40. The van der Waals surface area contributed by atoms with E-state index in [1.54, 1.807) is 13.8 Å². The zero-order valence-electron chi connectivity index (χ0n) is 27.7. The number of H-pyrrole nitrogens is 1. The zero-order chi connectivity index (χ0) is 33.0. The monoisotopic (exact) mass is 955 g/mol. The fourth-order valence-corrected chi connectivity index (χ4v) is 4.67. The van der Waals surface area contributed by atoms with Gasteiger partial charge >= 0.3 is 150 Å². The Kier molecular flexibility index (Phi) is 21.2. The fraction of sp³-hybridized carbons (Fsp3) is 0.452. The molecule has 6 rings (SSSR count). The molecule has 47 heavy (non-hydrogen) atoms. The fourth-order valence-electron chi connectivity index (χ4n) is 4.35. The van der Waals surface area contributed by atoms with Crippen LogP contribution < -0.4 is 143 Å². The maximum Gasteiger partial charge on any atom is 1.00 e. The molecule has 16 heteroatoms. The van der Waals surface area contributed by atoms with Crippen LogP contribution in [0.5, 0.6) is 0 Å². The van der Waals surface area contributed by atoms with Gasteiger partial charge in [0.1, 0.15) is 0 Å². The molecule has 0 bridgehead atoms. The second-order valence-electron chi connectivity index (χ2n) is 11.1. The van der Waals surface area contributed by atoms with Crippen LogP contribution in [-0.4, -0.2) is 88.1 Å². The summed E-state index contributed by atoms with van der Waals surface area (Å²) in [6.45, 7) is 12.7. The Labute approximate surface area is 399 Å². The summed E-state index contributed by atoms with van der Waals surface area (Å²) in [5, 5.41) is 29.2. The van der Waals surface area contributed by atoms with Crippen molar-refractivity contribution >= 4 is 55.8 Å². The summed E-state index contributed by atoms with van der Waals surface area (Å²) in [7, 11) is 0. The largest absolute Gasteiger partial charge is 1.00 e. The standard InChI is InChI=1S/C15H18N2O3.C10H10N2O2.C5H9BrO.CH2O3.2Cs/c1-3-20-14(18)13-11-6-4-5-7-12(11)17(16-13)8-15(2)9-19-10-15;1-2-14-10(13)9-7-5-3-4-6-8(7)11-12-9;1-5(2-6)3-7-4-5;2-1(3)4;;/h4-7H,3,8-10H2,1-2H3;3-6H,2H2,1H3,(H,11,12);2-4H2,1H3;(H2,2,3,4);;/q;;;;2*+1/p-1. The number of benzene rings is 2. The number of nitrogens with zero attached hydrogens (tertiary/aromatic N) is 3. The van der Waals surface area contributed by atoms with Crippen LogP contribution in [-0.2, 0) is 25.5 Å². The number of nitrogens with one attached hydrogen (secondary N) is 1. The Morgan fingerprint density at radius 2 is 1.38 bits per heavy atom. The van der Waals surface area contributed by atoms with Crippen LogP contribution in [0.4, 0.5) is 4.79 Å². The van der Waals surface area contributed by atoms with Crippen molar-refractivity contribution in [1.29, 1.82) is 0 Å². The molecule has 2 aliphatic heterocycles. The van der Waals surface area contributed by atoms with Gasteiger partial charge in [0, 0.05) is 26.9 Å². The minimum atomic E-state index is -2.08. The average molecular weight is 956 g/mol. The Bertz CT molecular complexity index is 1580. The van der Waals surface area contributed by atoms with E-state index in [1.165, 1.54) is 0 Å². The molecule has 2 aliphatic rings. The van der Waals surface area contributed by atoms with Crippen molar-refractivity contribution in [3.8, 4) is 0 Å². The third kappa shape index (κ3) is 13.6. The van der Waals surface area contributed by atoms with Gasteiger partial charge in [0.15, 0.2) is 11.4 Å². The van der Waals surface area contributed by atoms with Crippen molar-refractivity contribution in [2.24, 2.45) is 10.8 Å². The summed E-state index contributed by atoms with van der Waals surface area (Å²) in [6, 6.07) is 15.2. The van der Waals surface area contributed by atoms with E-state index in [1.807, 2.05) is 53.2 Å². The maximum absolute atomic E-state index is 12.0. The van der Waals surface area contributed by atoms with Gasteiger partial charge in [-0.3, -0.25) is 9.78 Å². The molecular weight excluding hydrogens is 918 g/mol. The molecule has 0 atom stereocenters. The van der Waals surface area contributed by atoms with E-state index in [4.69, 9.17) is 34.0 Å². The van der Waals surface area contributed by atoms with Crippen molar-refractivity contribution in [2.45, 2.75) is 34.2 Å². The molecule has 0 spiro atoms. The summed E-state index contributed by atoms with van der Waals surface area (Å²) < 4.78 is 22.1. The third-order valence-corrected chi connectivity index (χ3v) is 8.08. The van der Waals surface area contributed by atoms with Crippen LogP contribution in [0.1, 0.15) is 48.7 Å². The molecule has 2 aromatic heterocycles. The summed E-state index contributed by atoms with van der Waals surface area (Å²) in [4.78, 5) is 31.9. The second-order valence-corrected chi connectivity index (χ2v) is 11.6. The average Bonchev–Trinajstić information content (AvgIpc) is 3.58. The van der Waals surface area contributed by atoms with Crippen molar-refractivity contribution in [2.75, 3.05) is 45.0 Å². The first kappa shape index (κ1) is 45.1. The van der Waals surface area contributed by atoms with Gasteiger partial charge in [-0.2, -0.15) is 10.2 Å². The summed E-state index contributed by atoms with van der Waals surface area (Å²) in [5.41, 5.74) is 3.11. The molecule has 2 saturated heterocycles. The molecule has 4 heterocycles. The van der Waals surface area contributed by atoms with Gasteiger partial charge in [0.05, 0.1) is 57.2 Å². The number of esters is 2. The Hall–Kier alpha value is 0.0939. The minimum absolute atomic E-state index is 0. The number of carbonyl (C=O) groups excluding carboxylic acids is 2. The normalized spacial score (nSPS) is 14.7. The van der Waals surface area contributed by atoms with E-state index in [9.17, 15) is 9.59 Å². The molecule has 13 nitrogen and oxygen atoms in total. The van der Waals surface area contributed by atoms with E-state index < -0.39 is 6.16 Å². The molecule has 0 amide bonds. The van der Waals surface area contributed by atoms with Gasteiger partial charge in [0.2, 0.25) is 6.16 Å². The van der Waals surface area contributed by atoms with Crippen LogP contribution >= 0.6 is 15.9 Å². The van der Waals surface area contributed by atoms with Crippen LogP contribution in [0.3, 0.4) is 0 Å². The predicted molar refractivity (Wildman–Crippen MR) is 167 cm³/mol. The number of aromatic nitrogens is 4. The molecule has 0 radical (unpaired) electrons. The van der Waals surface area contributed by atoms with E-state index in [0.29, 0.717) is 30.0 Å². The van der Waals surface area contributed by atoms with E-state index >= 15 is 0 Å². The van der Waals surface area contributed by atoms with Crippen molar-refractivity contribution in [3.63, 3.8) is 0 Å². The first-order valence-electron chi connectivity index (χ1n) is 14.3. The third-order valence-electron chi connectivity index (χ3n) is 6.72. The van der Waals surface area contributed by atoms with E-state index in [2.05, 4.69) is 45.1 Å². The van der Waals surface area contributed by atoms with Crippen molar-refractivity contribution in [1.82, 2.24) is 20.0 Å². The van der Waals surface area contributed by atoms with Gasteiger partial charge in [-0.25, -0.2) is 9.59 Å². The van der Waals surface area contributed by atoms with E-state index in [0.717, 1.165) is 60.1 Å². The Morgan fingerprint density at radius 1 is 0.894 bits per heavy atom. The smallest absolute Gasteiger partial charge is 0.565 e. The van der Waals surface area contributed by atoms with Gasteiger partial charge in [-0.05, 0) is 26.0 Å². The first-order valence-corrected chi connectivity index (χ1v) is 15.4. The molecule has 2 aromatic carbocycles. The predicted octanol–water partition coefficient (Wildman–Crippen LogP) is -1.70. The molecule has 244 valence electrons. The number of alkyl halides is 1. The zero-order valence-corrected chi connectivity index (χ0v) is 41.9. The number of rotatable bonds is 7. The SMILES string of the molecule is CC1(CBr)COC1.CCOC(=O)c1n[nH]c2ccccc12.CCOC(=O)c1nn(CC2(C)COC2)c2ccccc12.O=C([O-])O.[Cs+].[Cs+]. The molecule has 2 fully saturated rings. The number of fused-ring (bicyclic) bond motifs is 2. The summed E-state index contributed by atoms with van der Waals surface area (Å²) in [6.07, 6.45) is -2.08.